The summed E-state index contributed by atoms with van der Waals surface area (Å²) < 4.78 is 12.3. The number of ether oxygens (including phenoxy) is 2. The van der Waals surface area contributed by atoms with E-state index in [4.69, 9.17) is 9.47 Å². The number of Topliss-reactive ketones (excluding diaryl/α,β-unsaturated/α-hetero) is 1. The smallest absolute Gasteiger partial charge is 0.354 e. The molecule has 1 aromatic heterocycles. The van der Waals surface area contributed by atoms with Crippen molar-refractivity contribution in [1.29, 1.82) is 0 Å². The lowest BCUT2D eigenvalue weighted by molar-refractivity contribution is 0.0587. The first kappa shape index (κ1) is 22.9. The zero-order valence-corrected chi connectivity index (χ0v) is 18.3. The maximum atomic E-state index is 13.2. The molecule has 1 aliphatic rings. The minimum absolute atomic E-state index is 0.0415. The average molecular weight is 408 g/mol. The van der Waals surface area contributed by atoms with E-state index in [1.165, 1.54) is 12.0 Å². The summed E-state index contributed by atoms with van der Waals surface area (Å²) in [5.74, 6) is -0.672. The number of nitrogens with zero attached hydrogens (tertiary/aromatic N) is 2. The lowest BCUT2D eigenvalue weighted by Gasteiger charge is -2.26. The normalized spacial score (nSPS) is 16.2. The zero-order valence-electron chi connectivity index (χ0n) is 18.3. The number of esters is 1. The van der Waals surface area contributed by atoms with Crippen LogP contribution in [0.15, 0.2) is 0 Å². The highest BCUT2D eigenvalue weighted by atomic mass is 16.5. The first-order chi connectivity index (χ1) is 13.7. The number of amides is 2. The molecule has 2 rings (SSSR count). The second-order valence-corrected chi connectivity index (χ2v) is 7.71. The summed E-state index contributed by atoms with van der Waals surface area (Å²) in [5.41, 5.74) is 2.15. The molecule has 0 saturated carbocycles. The number of rotatable bonds is 8. The lowest BCUT2D eigenvalue weighted by atomic mass is 10.0. The Balaban J connectivity index is 2.31. The molecule has 1 atom stereocenters. The van der Waals surface area contributed by atoms with Crippen molar-refractivity contribution in [2.45, 2.75) is 66.2 Å². The van der Waals surface area contributed by atoms with Gasteiger partial charge in [0.15, 0.2) is 5.78 Å². The van der Waals surface area contributed by atoms with E-state index in [1.807, 2.05) is 27.7 Å². The van der Waals surface area contributed by atoms with Crippen LogP contribution >= 0.6 is 0 Å². The Bertz CT molecular complexity index is 763. The fourth-order valence-electron chi connectivity index (χ4n) is 3.91. The summed E-state index contributed by atoms with van der Waals surface area (Å²) in [7, 11) is 1.32. The molecule has 0 spiro atoms. The summed E-state index contributed by atoms with van der Waals surface area (Å²) in [6, 6.07) is -0.331. The van der Waals surface area contributed by atoms with E-state index >= 15 is 0 Å². The SMILES string of the molecule is CCn1c(C)c(C(=O)CN(CC2CCCO2)C(=O)NC(C)C)c(C)c1C(=O)OC. The third-order valence-electron chi connectivity index (χ3n) is 5.22. The van der Waals surface area contributed by atoms with Gasteiger partial charge in [0, 0.05) is 37.0 Å². The average Bonchev–Trinajstić information content (AvgIpc) is 3.25. The van der Waals surface area contributed by atoms with Gasteiger partial charge < -0.3 is 24.3 Å². The van der Waals surface area contributed by atoms with E-state index < -0.39 is 5.97 Å². The van der Waals surface area contributed by atoms with Crippen molar-refractivity contribution >= 4 is 17.8 Å². The van der Waals surface area contributed by atoms with Gasteiger partial charge in [0.1, 0.15) is 5.69 Å². The van der Waals surface area contributed by atoms with Gasteiger partial charge in [-0.25, -0.2) is 9.59 Å². The maximum absolute atomic E-state index is 13.2. The largest absolute Gasteiger partial charge is 0.464 e. The van der Waals surface area contributed by atoms with Crippen molar-refractivity contribution in [3.8, 4) is 0 Å². The van der Waals surface area contributed by atoms with Crippen LogP contribution in [0.1, 0.15) is 65.7 Å². The summed E-state index contributed by atoms with van der Waals surface area (Å²) >= 11 is 0. The van der Waals surface area contributed by atoms with E-state index in [2.05, 4.69) is 5.32 Å². The van der Waals surface area contributed by atoms with Gasteiger partial charge in [-0.3, -0.25) is 4.79 Å². The van der Waals surface area contributed by atoms with Gasteiger partial charge in [-0.1, -0.05) is 0 Å². The Hall–Kier alpha value is -2.35. The Morgan fingerprint density at radius 1 is 1.31 bits per heavy atom. The Labute approximate surface area is 172 Å². The minimum Gasteiger partial charge on any atom is -0.464 e. The van der Waals surface area contributed by atoms with Gasteiger partial charge in [-0.05, 0) is 53.0 Å². The molecule has 0 aromatic carbocycles. The highest BCUT2D eigenvalue weighted by molar-refractivity contribution is 6.04. The molecule has 0 radical (unpaired) electrons. The lowest BCUT2D eigenvalue weighted by Crippen LogP contribution is -2.48. The zero-order chi connectivity index (χ0) is 21.7. The number of carbonyl (C=O) groups is 3. The predicted molar refractivity (Wildman–Crippen MR) is 109 cm³/mol. The number of aromatic nitrogens is 1. The summed E-state index contributed by atoms with van der Waals surface area (Å²) in [4.78, 5) is 39.7. The second-order valence-electron chi connectivity index (χ2n) is 7.71. The van der Waals surface area contributed by atoms with Gasteiger partial charge in [0.05, 0.1) is 19.8 Å². The molecule has 0 bridgehead atoms. The van der Waals surface area contributed by atoms with Crippen molar-refractivity contribution in [1.82, 2.24) is 14.8 Å². The number of carbonyl (C=O) groups excluding carboxylic acids is 3. The van der Waals surface area contributed by atoms with Crippen molar-refractivity contribution in [2.75, 3.05) is 26.8 Å². The van der Waals surface area contributed by atoms with E-state index in [0.717, 1.165) is 12.8 Å². The number of hydrogen-bond acceptors (Lipinski definition) is 5. The summed E-state index contributed by atoms with van der Waals surface area (Å²) in [5, 5.41) is 2.86. The van der Waals surface area contributed by atoms with Crippen LogP contribution in [0.5, 0.6) is 0 Å². The van der Waals surface area contributed by atoms with Gasteiger partial charge >= 0.3 is 12.0 Å². The van der Waals surface area contributed by atoms with Crippen LogP contribution in [0.2, 0.25) is 0 Å². The molecule has 1 unspecified atom stereocenters. The molecular formula is C21H33N3O5. The maximum Gasteiger partial charge on any atom is 0.354 e. The standard InChI is InChI=1S/C21H33N3O5/c1-7-24-15(5)18(14(4)19(24)20(26)28-6)17(25)12-23(21(27)22-13(2)3)11-16-9-8-10-29-16/h13,16H,7-12H2,1-6H3,(H,22,27). The monoisotopic (exact) mass is 407 g/mol. The van der Waals surface area contributed by atoms with Gasteiger partial charge in [-0.2, -0.15) is 0 Å². The molecule has 1 aliphatic heterocycles. The van der Waals surface area contributed by atoms with Crippen molar-refractivity contribution in [2.24, 2.45) is 0 Å². The van der Waals surface area contributed by atoms with Crippen molar-refractivity contribution in [3.63, 3.8) is 0 Å². The first-order valence-corrected chi connectivity index (χ1v) is 10.2. The quantitative estimate of drug-likeness (QED) is 0.529. The highest BCUT2D eigenvalue weighted by Gasteiger charge is 2.30. The minimum atomic E-state index is -0.472. The molecular weight excluding hydrogens is 374 g/mol. The van der Waals surface area contributed by atoms with Gasteiger partial charge in [0.25, 0.3) is 0 Å². The van der Waals surface area contributed by atoms with E-state index in [9.17, 15) is 14.4 Å². The Morgan fingerprint density at radius 2 is 2.00 bits per heavy atom. The summed E-state index contributed by atoms with van der Waals surface area (Å²) in [6.45, 7) is 10.7. The van der Waals surface area contributed by atoms with Crippen LogP contribution < -0.4 is 5.32 Å². The summed E-state index contributed by atoms with van der Waals surface area (Å²) in [6.07, 6.45) is 1.77. The fraction of sp³-hybridized carbons (Fsp3) is 0.667. The predicted octanol–water partition coefficient (Wildman–Crippen LogP) is 2.69. The molecule has 1 aromatic rings. The fourth-order valence-corrected chi connectivity index (χ4v) is 3.91. The van der Waals surface area contributed by atoms with Crippen LogP contribution in [-0.2, 0) is 16.0 Å². The van der Waals surface area contributed by atoms with Crippen molar-refractivity contribution < 1.29 is 23.9 Å². The van der Waals surface area contributed by atoms with Gasteiger partial charge in [-0.15, -0.1) is 0 Å². The Kier molecular flexibility index (Phi) is 7.84. The number of methoxy groups -OCH3 is 1. The van der Waals surface area contributed by atoms with Gasteiger partial charge in [0.2, 0.25) is 0 Å². The molecule has 2 heterocycles. The Morgan fingerprint density at radius 3 is 2.52 bits per heavy atom. The third kappa shape index (κ3) is 5.18. The van der Waals surface area contributed by atoms with E-state index in [1.54, 1.807) is 11.5 Å². The van der Waals surface area contributed by atoms with Crippen LogP contribution in [0.25, 0.3) is 0 Å². The molecule has 1 fully saturated rings. The van der Waals surface area contributed by atoms with Crippen LogP contribution in [0.3, 0.4) is 0 Å². The van der Waals surface area contributed by atoms with Crippen LogP contribution in [0.4, 0.5) is 4.79 Å². The van der Waals surface area contributed by atoms with Crippen LogP contribution in [-0.4, -0.2) is 66.2 Å². The number of nitrogens with one attached hydrogen (secondary N) is 1. The molecule has 162 valence electrons. The first-order valence-electron chi connectivity index (χ1n) is 10.2. The topological polar surface area (TPSA) is 89.9 Å². The molecule has 8 nitrogen and oxygen atoms in total. The number of ketones is 1. The molecule has 2 amide bonds. The molecule has 1 saturated heterocycles. The van der Waals surface area contributed by atoms with E-state index in [0.29, 0.717) is 42.2 Å². The second kappa shape index (κ2) is 9.91. The van der Waals surface area contributed by atoms with Crippen LogP contribution in [0, 0.1) is 13.8 Å². The van der Waals surface area contributed by atoms with E-state index in [-0.39, 0.29) is 30.5 Å². The van der Waals surface area contributed by atoms with Crippen molar-refractivity contribution in [3.05, 3.63) is 22.5 Å². The molecule has 29 heavy (non-hydrogen) atoms. The molecule has 1 N–H and O–H groups in total. The molecule has 8 heteroatoms. The molecule has 0 aliphatic carbocycles. The third-order valence-corrected chi connectivity index (χ3v) is 5.22. The highest BCUT2D eigenvalue weighted by Crippen LogP contribution is 2.24. The number of urea groups is 1. The number of hydrogen-bond donors (Lipinski definition) is 1.